The number of hydrogen-bond donors (Lipinski definition) is 3. The van der Waals surface area contributed by atoms with Crippen LogP contribution in [0.1, 0.15) is 70.7 Å². The molecule has 1 saturated heterocycles. The van der Waals surface area contributed by atoms with Crippen molar-refractivity contribution in [2.24, 2.45) is 11.8 Å². The van der Waals surface area contributed by atoms with Crippen LogP contribution in [0, 0.1) is 11.8 Å². The number of likely N-dealkylation sites (tertiary alicyclic amines) is 1. The monoisotopic (exact) mass is 514 g/mol. The van der Waals surface area contributed by atoms with Crippen molar-refractivity contribution in [2.45, 2.75) is 85.9 Å². The van der Waals surface area contributed by atoms with E-state index in [0.29, 0.717) is 13.2 Å². The van der Waals surface area contributed by atoms with Crippen LogP contribution < -0.4 is 5.32 Å². The van der Waals surface area contributed by atoms with E-state index in [-0.39, 0.29) is 43.2 Å². The van der Waals surface area contributed by atoms with Crippen molar-refractivity contribution >= 4 is 11.8 Å². The van der Waals surface area contributed by atoms with Gasteiger partial charge in [-0.1, -0.05) is 46.8 Å². The van der Waals surface area contributed by atoms with E-state index in [4.69, 9.17) is 4.74 Å². The highest BCUT2D eigenvalue weighted by atomic mass is 16.5. The van der Waals surface area contributed by atoms with Crippen molar-refractivity contribution in [3.05, 3.63) is 41.1 Å². The summed E-state index contributed by atoms with van der Waals surface area (Å²) in [5, 5.41) is 27.8. The molecule has 204 valence electrons. The number of aliphatic hydroxyl groups excluding tert-OH is 2. The van der Waals surface area contributed by atoms with Crippen LogP contribution in [-0.4, -0.2) is 62.0 Å². The fourth-order valence-electron chi connectivity index (χ4n) is 5.02. The Balaban J connectivity index is 0.00000186. The molecule has 4 atom stereocenters. The van der Waals surface area contributed by atoms with E-state index >= 15 is 0 Å². The van der Waals surface area contributed by atoms with Crippen LogP contribution in [0.2, 0.25) is 0 Å². The van der Waals surface area contributed by atoms with E-state index in [9.17, 15) is 19.8 Å². The Bertz CT molecular complexity index is 1080. The molecule has 37 heavy (non-hydrogen) atoms. The zero-order valence-electron chi connectivity index (χ0n) is 22.9. The van der Waals surface area contributed by atoms with Crippen LogP contribution in [0.25, 0.3) is 11.3 Å². The number of nitrogens with zero attached hydrogens (tertiary/aromatic N) is 3. The second-order valence-electron chi connectivity index (χ2n) is 9.86. The van der Waals surface area contributed by atoms with Crippen molar-refractivity contribution in [3.63, 3.8) is 0 Å². The number of aryl methyl sites for hydroxylation is 1. The number of carbonyl (C=O) groups excluding carboxylic acids is 2. The first kappa shape index (κ1) is 28.8. The number of carbonyl (C=O) groups is 2. The molecule has 2 aliphatic rings. The summed E-state index contributed by atoms with van der Waals surface area (Å²) < 4.78 is 7.69. The summed E-state index contributed by atoms with van der Waals surface area (Å²) >= 11 is 0. The largest absolute Gasteiger partial charge is 0.394 e. The van der Waals surface area contributed by atoms with Gasteiger partial charge in [-0.2, -0.15) is 5.10 Å². The van der Waals surface area contributed by atoms with Gasteiger partial charge in [0.1, 0.15) is 6.04 Å². The van der Waals surface area contributed by atoms with Crippen molar-refractivity contribution < 1.29 is 24.5 Å². The van der Waals surface area contributed by atoms with Crippen LogP contribution in [0.4, 0.5) is 0 Å². The summed E-state index contributed by atoms with van der Waals surface area (Å²) in [6.45, 7) is 13.2. The van der Waals surface area contributed by atoms with Crippen molar-refractivity contribution in [1.82, 2.24) is 20.0 Å². The zero-order chi connectivity index (χ0) is 27.3. The molecule has 9 heteroatoms. The highest BCUT2D eigenvalue weighted by Gasteiger charge is 2.41. The normalized spacial score (nSPS) is 20.3. The van der Waals surface area contributed by atoms with Gasteiger partial charge in [0.25, 0.3) is 0 Å². The maximum Gasteiger partial charge on any atom is 0.243 e. The Labute approximate surface area is 219 Å². The average molecular weight is 515 g/mol. The first-order valence-electron chi connectivity index (χ1n) is 13.4. The minimum Gasteiger partial charge on any atom is -0.394 e. The molecule has 3 heterocycles. The summed E-state index contributed by atoms with van der Waals surface area (Å²) in [6.07, 6.45) is 1.21. The Morgan fingerprint density at radius 2 is 1.86 bits per heavy atom. The molecule has 1 fully saturated rings. The number of hydrogen-bond acceptors (Lipinski definition) is 6. The molecule has 4 unspecified atom stereocenters. The SMILES string of the molecule is CC.CCn1nccc1-c1ccc(C(CO)NC(=O)C2CC(O)CN2C(=O)C(C)C(C)C)c2c1COC2. The predicted octanol–water partition coefficient (Wildman–Crippen LogP) is 3.03. The Morgan fingerprint density at radius 3 is 2.51 bits per heavy atom. The molecule has 0 bridgehead atoms. The minimum atomic E-state index is -0.768. The van der Waals surface area contributed by atoms with Crippen LogP contribution in [0.5, 0.6) is 0 Å². The van der Waals surface area contributed by atoms with Gasteiger partial charge in [-0.25, -0.2) is 0 Å². The van der Waals surface area contributed by atoms with Crippen LogP contribution in [0.3, 0.4) is 0 Å². The van der Waals surface area contributed by atoms with E-state index in [1.807, 2.05) is 64.4 Å². The summed E-state index contributed by atoms with van der Waals surface area (Å²) in [6, 6.07) is 4.46. The van der Waals surface area contributed by atoms with Gasteiger partial charge in [-0.3, -0.25) is 14.3 Å². The number of aliphatic hydroxyl groups is 2. The van der Waals surface area contributed by atoms with E-state index in [2.05, 4.69) is 10.4 Å². The maximum absolute atomic E-state index is 13.3. The summed E-state index contributed by atoms with van der Waals surface area (Å²) in [4.78, 5) is 27.8. The third-order valence-electron chi connectivity index (χ3n) is 7.38. The van der Waals surface area contributed by atoms with Gasteiger partial charge >= 0.3 is 0 Å². The van der Waals surface area contributed by atoms with Crippen molar-refractivity contribution in [2.75, 3.05) is 13.2 Å². The highest BCUT2D eigenvalue weighted by molar-refractivity contribution is 5.89. The van der Waals surface area contributed by atoms with Gasteiger partial charge in [0.2, 0.25) is 11.8 Å². The van der Waals surface area contributed by atoms with Crippen LogP contribution >= 0.6 is 0 Å². The molecule has 1 aromatic heterocycles. The minimum absolute atomic E-state index is 0.124. The predicted molar refractivity (Wildman–Crippen MR) is 141 cm³/mol. The summed E-state index contributed by atoms with van der Waals surface area (Å²) in [7, 11) is 0. The summed E-state index contributed by atoms with van der Waals surface area (Å²) in [5.74, 6) is -0.637. The fraction of sp³-hybridized carbons (Fsp3) is 0.607. The molecular weight excluding hydrogens is 472 g/mol. The number of nitrogens with one attached hydrogen (secondary N) is 1. The van der Waals surface area contributed by atoms with Crippen molar-refractivity contribution in [3.8, 4) is 11.3 Å². The van der Waals surface area contributed by atoms with Gasteiger partial charge in [0.05, 0.1) is 37.7 Å². The molecular formula is C28H42N4O5. The quantitative estimate of drug-likeness (QED) is 0.499. The lowest BCUT2D eigenvalue weighted by Crippen LogP contribution is -2.49. The number of aromatic nitrogens is 2. The molecule has 9 nitrogen and oxygen atoms in total. The zero-order valence-corrected chi connectivity index (χ0v) is 22.9. The molecule has 4 rings (SSSR count). The number of ether oxygens (including phenoxy) is 1. The van der Waals surface area contributed by atoms with Crippen molar-refractivity contribution in [1.29, 1.82) is 0 Å². The Hall–Kier alpha value is -2.75. The van der Waals surface area contributed by atoms with Gasteiger partial charge in [0.15, 0.2) is 0 Å². The number of fused-ring (bicyclic) bond motifs is 1. The first-order valence-corrected chi connectivity index (χ1v) is 13.4. The first-order chi connectivity index (χ1) is 17.8. The van der Waals surface area contributed by atoms with E-state index in [1.54, 1.807) is 6.20 Å². The third-order valence-corrected chi connectivity index (χ3v) is 7.38. The molecule has 0 radical (unpaired) electrons. The number of amides is 2. The van der Waals surface area contributed by atoms with Crippen LogP contribution in [-0.2, 0) is 34.1 Å². The van der Waals surface area contributed by atoms with Gasteiger partial charge in [-0.05, 0) is 35.6 Å². The molecule has 0 spiro atoms. The van der Waals surface area contributed by atoms with Gasteiger partial charge in [-0.15, -0.1) is 0 Å². The van der Waals surface area contributed by atoms with Gasteiger partial charge < -0.3 is 25.2 Å². The third kappa shape index (κ3) is 5.89. The molecule has 0 saturated carbocycles. The molecule has 0 aliphatic carbocycles. The average Bonchev–Trinajstić information content (AvgIpc) is 3.66. The molecule has 2 aromatic rings. The molecule has 2 aliphatic heterocycles. The standard InChI is InChI=1S/C26H36N4O5.C2H6/c1-5-30-23(8-9-27-30)19-7-6-18(20-13-35-14-21(19)20)22(12-31)28-25(33)24-10-17(32)11-29(24)26(34)16(4)15(2)3;1-2/h6-9,15-17,22,24,31-32H,5,10-14H2,1-4H3,(H,28,33);1-2H3. The fourth-order valence-corrected chi connectivity index (χ4v) is 5.02. The lowest BCUT2D eigenvalue weighted by Gasteiger charge is -2.29. The molecule has 1 aromatic carbocycles. The smallest absolute Gasteiger partial charge is 0.243 e. The van der Waals surface area contributed by atoms with Crippen LogP contribution in [0.15, 0.2) is 24.4 Å². The Kier molecular flexibility index (Phi) is 9.87. The lowest BCUT2D eigenvalue weighted by atomic mass is 9.92. The maximum atomic E-state index is 13.3. The molecule has 2 amide bonds. The lowest BCUT2D eigenvalue weighted by molar-refractivity contribution is -0.142. The second-order valence-corrected chi connectivity index (χ2v) is 9.86. The second kappa shape index (κ2) is 12.7. The number of rotatable bonds is 8. The van der Waals surface area contributed by atoms with E-state index < -0.39 is 18.2 Å². The van der Waals surface area contributed by atoms with E-state index in [1.165, 1.54) is 4.90 Å². The highest BCUT2D eigenvalue weighted by Crippen LogP contribution is 2.36. The topological polar surface area (TPSA) is 117 Å². The number of β-amino-alcohol motifs (C(OH)–C–C–N with tert-alkyl or cyclic N) is 1. The van der Waals surface area contributed by atoms with E-state index in [0.717, 1.165) is 34.5 Å². The number of benzene rings is 1. The summed E-state index contributed by atoms with van der Waals surface area (Å²) in [5.41, 5.74) is 4.81. The van der Waals surface area contributed by atoms with Gasteiger partial charge in [0, 0.05) is 37.2 Å². The molecule has 3 N–H and O–H groups in total. The Morgan fingerprint density at radius 1 is 1.16 bits per heavy atom.